The summed E-state index contributed by atoms with van der Waals surface area (Å²) in [5.74, 6) is -0.942. The fourth-order valence-electron chi connectivity index (χ4n) is 3.27. The van der Waals surface area contributed by atoms with Crippen LogP contribution in [0.15, 0.2) is 18.3 Å². The molecule has 1 aromatic heterocycles. The number of imidazole rings is 1. The molecule has 1 N–H and O–H groups in total. The van der Waals surface area contributed by atoms with Crippen molar-refractivity contribution in [1.29, 1.82) is 0 Å². The van der Waals surface area contributed by atoms with Gasteiger partial charge in [-0.15, -0.1) is 12.4 Å². The molecule has 0 saturated carbocycles. The molecule has 23 heavy (non-hydrogen) atoms. The van der Waals surface area contributed by atoms with Crippen molar-refractivity contribution in [3.05, 3.63) is 51.6 Å². The summed E-state index contributed by atoms with van der Waals surface area (Å²) < 4.78 is 30.1. The molecule has 0 amide bonds. The van der Waals surface area contributed by atoms with Gasteiger partial charge >= 0.3 is 0 Å². The van der Waals surface area contributed by atoms with E-state index in [0.717, 1.165) is 30.3 Å². The van der Waals surface area contributed by atoms with Gasteiger partial charge < -0.3 is 14.5 Å². The van der Waals surface area contributed by atoms with Gasteiger partial charge in [-0.1, -0.05) is 0 Å². The minimum Gasteiger partial charge on any atom is -0.337 e. The van der Waals surface area contributed by atoms with Crippen molar-refractivity contribution < 1.29 is 8.78 Å². The summed E-state index contributed by atoms with van der Waals surface area (Å²) in [6.07, 6.45) is 3.95. The predicted molar refractivity (Wildman–Crippen MR) is 91.7 cm³/mol. The van der Waals surface area contributed by atoms with Crippen LogP contribution in [-0.2, 0) is 19.4 Å². The number of benzene rings is 1. The van der Waals surface area contributed by atoms with Crippen LogP contribution in [0.4, 0.5) is 8.78 Å². The summed E-state index contributed by atoms with van der Waals surface area (Å²) in [5, 5.41) is 0. The average molecular weight is 360 g/mol. The monoisotopic (exact) mass is 359 g/mol. The Labute approximate surface area is 145 Å². The lowest BCUT2D eigenvalue weighted by atomic mass is 9.87. The summed E-state index contributed by atoms with van der Waals surface area (Å²) >= 11 is 5.40. The molecule has 0 aliphatic heterocycles. The van der Waals surface area contributed by atoms with Crippen molar-refractivity contribution in [2.75, 3.05) is 14.1 Å². The van der Waals surface area contributed by atoms with E-state index in [1.54, 1.807) is 0 Å². The van der Waals surface area contributed by atoms with Crippen LogP contribution in [0.5, 0.6) is 0 Å². The summed E-state index contributed by atoms with van der Waals surface area (Å²) in [6, 6.07) is 2.56. The van der Waals surface area contributed by atoms with Crippen molar-refractivity contribution in [1.82, 2.24) is 14.5 Å². The van der Waals surface area contributed by atoms with E-state index in [2.05, 4.69) is 14.5 Å². The Kier molecular flexibility index (Phi) is 5.60. The molecule has 3 nitrogen and oxygen atoms in total. The number of rotatable bonds is 3. The Bertz CT molecular complexity index is 754. The van der Waals surface area contributed by atoms with E-state index in [1.807, 2.05) is 20.3 Å². The Morgan fingerprint density at radius 3 is 2.78 bits per heavy atom. The second-order valence-electron chi connectivity index (χ2n) is 6.11. The first-order chi connectivity index (χ1) is 10.5. The highest BCUT2D eigenvalue weighted by molar-refractivity contribution is 7.71. The van der Waals surface area contributed by atoms with Crippen molar-refractivity contribution >= 4 is 24.6 Å². The lowest BCUT2D eigenvalue weighted by Crippen LogP contribution is -2.23. The fraction of sp³-hybridized carbons (Fsp3) is 0.438. The molecule has 7 heteroatoms. The number of nitrogens with one attached hydrogen (secondary N) is 1. The average Bonchev–Trinajstić information content (AvgIpc) is 2.78. The largest absolute Gasteiger partial charge is 0.337 e. The van der Waals surface area contributed by atoms with Gasteiger partial charge in [0, 0.05) is 24.8 Å². The van der Waals surface area contributed by atoms with Crippen LogP contribution in [-0.4, -0.2) is 28.5 Å². The highest BCUT2D eigenvalue weighted by atomic mass is 35.5. The van der Waals surface area contributed by atoms with Gasteiger partial charge in [-0.25, -0.2) is 8.78 Å². The third-order valence-corrected chi connectivity index (χ3v) is 4.48. The van der Waals surface area contributed by atoms with Gasteiger partial charge in [-0.3, -0.25) is 0 Å². The van der Waals surface area contributed by atoms with E-state index >= 15 is 0 Å². The molecule has 0 saturated heterocycles. The highest BCUT2D eigenvalue weighted by Gasteiger charge is 2.25. The van der Waals surface area contributed by atoms with Crippen LogP contribution in [0.25, 0.3) is 0 Å². The molecular weight excluding hydrogens is 340 g/mol. The van der Waals surface area contributed by atoms with E-state index in [-0.39, 0.29) is 18.4 Å². The molecule has 0 radical (unpaired) electrons. The second-order valence-corrected chi connectivity index (χ2v) is 6.50. The van der Waals surface area contributed by atoms with Crippen molar-refractivity contribution in [2.24, 2.45) is 0 Å². The molecule has 1 aliphatic rings. The van der Waals surface area contributed by atoms with Crippen LogP contribution in [0.3, 0.4) is 0 Å². The van der Waals surface area contributed by atoms with E-state index < -0.39 is 11.6 Å². The maximum atomic E-state index is 13.9. The summed E-state index contributed by atoms with van der Waals surface area (Å²) in [4.78, 5) is 5.16. The van der Waals surface area contributed by atoms with Gasteiger partial charge in [-0.2, -0.15) is 0 Å². The molecule has 0 bridgehead atoms. The summed E-state index contributed by atoms with van der Waals surface area (Å²) in [5.41, 5.74) is 2.50. The molecule has 1 aromatic carbocycles. The maximum Gasteiger partial charge on any atom is 0.177 e. The van der Waals surface area contributed by atoms with Gasteiger partial charge in [0.25, 0.3) is 0 Å². The number of hydrogen-bond donors (Lipinski definition) is 1. The van der Waals surface area contributed by atoms with Crippen molar-refractivity contribution in [3.63, 3.8) is 0 Å². The number of H-pyrrole nitrogens is 1. The standard InChI is InChI=1S/C16H19F2N3S.ClH/c1-20(2)9-13-8-19-16(22)21(13)12-3-4-14-10(6-12)5-11(17)7-15(14)18;/h5,7-8,12H,3-4,6,9H2,1-2H3,(H,19,22);1H. The zero-order chi connectivity index (χ0) is 15.9. The second kappa shape index (κ2) is 7.11. The molecule has 126 valence electrons. The molecule has 3 rings (SSSR count). The van der Waals surface area contributed by atoms with Gasteiger partial charge in [0.1, 0.15) is 11.6 Å². The number of fused-ring (bicyclic) bond motifs is 1. The molecule has 1 unspecified atom stereocenters. The Balaban J connectivity index is 0.00000192. The highest BCUT2D eigenvalue weighted by Crippen LogP contribution is 2.32. The Hall–Kier alpha value is -1.24. The SMILES string of the molecule is CN(C)Cc1c[nH]c(=S)n1C1CCc2c(F)cc(F)cc2C1.Cl. The quantitative estimate of drug-likeness (QED) is 0.836. The number of hydrogen-bond acceptors (Lipinski definition) is 2. The molecule has 0 spiro atoms. The molecular formula is C16H20ClF2N3S. The van der Waals surface area contributed by atoms with Crippen LogP contribution in [0, 0.1) is 16.4 Å². The van der Waals surface area contributed by atoms with Crippen LogP contribution in [0.2, 0.25) is 0 Å². The lowest BCUT2D eigenvalue weighted by molar-refractivity contribution is 0.359. The topological polar surface area (TPSA) is 24.0 Å². The van der Waals surface area contributed by atoms with E-state index in [0.29, 0.717) is 23.2 Å². The van der Waals surface area contributed by atoms with E-state index in [4.69, 9.17) is 12.2 Å². The number of aromatic nitrogens is 2. The molecule has 1 aliphatic carbocycles. The summed E-state index contributed by atoms with van der Waals surface area (Å²) in [7, 11) is 4.00. The minimum absolute atomic E-state index is 0. The zero-order valence-corrected chi connectivity index (χ0v) is 14.7. The van der Waals surface area contributed by atoms with Gasteiger partial charge in [0.05, 0.1) is 5.69 Å². The minimum atomic E-state index is -0.511. The first-order valence-corrected chi connectivity index (χ1v) is 7.77. The van der Waals surface area contributed by atoms with E-state index in [9.17, 15) is 8.78 Å². The molecule has 1 atom stereocenters. The molecule has 0 fully saturated rings. The Morgan fingerprint density at radius 1 is 1.35 bits per heavy atom. The number of nitrogens with zero attached hydrogens (tertiary/aromatic N) is 2. The van der Waals surface area contributed by atoms with Crippen LogP contribution in [0.1, 0.15) is 29.3 Å². The van der Waals surface area contributed by atoms with Crippen molar-refractivity contribution in [2.45, 2.75) is 31.8 Å². The normalized spacial score (nSPS) is 17.0. The molecule has 2 aromatic rings. The molecule has 1 heterocycles. The number of aromatic amines is 1. The van der Waals surface area contributed by atoms with Crippen LogP contribution < -0.4 is 0 Å². The van der Waals surface area contributed by atoms with Gasteiger partial charge in [-0.05, 0) is 62.8 Å². The third kappa shape index (κ3) is 3.65. The van der Waals surface area contributed by atoms with E-state index in [1.165, 1.54) is 6.07 Å². The maximum absolute atomic E-state index is 13.9. The van der Waals surface area contributed by atoms with Gasteiger partial charge in [0.15, 0.2) is 4.77 Å². The van der Waals surface area contributed by atoms with Crippen molar-refractivity contribution in [3.8, 4) is 0 Å². The zero-order valence-electron chi connectivity index (χ0n) is 13.1. The first-order valence-electron chi connectivity index (χ1n) is 7.36. The first kappa shape index (κ1) is 18.1. The number of halogens is 3. The fourth-order valence-corrected chi connectivity index (χ4v) is 3.59. The smallest absolute Gasteiger partial charge is 0.177 e. The van der Waals surface area contributed by atoms with Gasteiger partial charge in [0.2, 0.25) is 0 Å². The lowest BCUT2D eigenvalue weighted by Gasteiger charge is -2.28. The predicted octanol–water partition coefficient (Wildman–Crippen LogP) is 4.04. The van der Waals surface area contributed by atoms with Crippen LogP contribution >= 0.6 is 24.6 Å². The summed E-state index contributed by atoms with van der Waals surface area (Å²) in [6.45, 7) is 0.772. The third-order valence-electron chi connectivity index (χ3n) is 4.17. The Morgan fingerprint density at radius 2 is 2.09 bits per heavy atom.